The molecule has 48 heavy (non-hydrogen) atoms. The van der Waals surface area contributed by atoms with Gasteiger partial charge in [0.05, 0.1) is 11.2 Å². The Labute approximate surface area is 306 Å². The maximum absolute atomic E-state index is 11.4. The van der Waals surface area contributed by atoms with Gasteiger partial charge in [-0.1, -0.05) is 81.4 Å². The standard InChI is InChI=1S/C41H72O3S2Si2/c1-13-40(14-2,43-47(17-5,18-6)19-7)27-23-25-33(11)35-29-37(45-31-35)39(42)38-30-36(32-46-38)34(12)26-24-28-41(15-3,16-4)44-48(20-8,21-9)22-10/h25-26,29-32,39,42H,13-24,27-28H2,1-12H3/b33-25+,34-26+. The second kappa shape index (κ2) is 20.3. The van der Waals surface area contributed by atoms with Gasteiger partial charge in [0, 0.05) is 9.75 Å². The topological polar surface area (TPSA) is 38.7 Å². The van der Waals surface area contributed by atoms with Crippen molar-refractivity contribution < 1.29 is 14.0 Å². The first-order valence-corrected chi connectivity index (χ1v) is 26.3. The third kappa shape index (κ3) is 11.1. The summed E-state index contributed by atoms with van der Waals surface area (Å²) in [6, 6.07) is 11.6. The molecule has 0 aliphatic carbocycles. The lowest BCUT2D eigenvalue weighted by Gasteiger charge is -2.42. The van der Waals surface area contributed by atoms with Crippen LogP contribution in [0.1, 0.15) is 161 Å². The molecular formula is C41H72O3S2Si2. The number of thiophene rings is 2. The molecule has 0 radical (unpaired) electrons. The highest BCUT2D eigenvalue weighted by Gasteiger charge is 2.39. The molecule has 2 rings (SSSR count). The van der Waals surface area contributed by atoms with E-state index in [0.717, 1.165) is 61.1 Å². The molecule has 2 aromatic rings. The normalized spacial score (nSPS) is 14.6. The fourth-order valence-electron chi connectivity index (χ4n) is 7.33. The van der Waals surface area contributed by atoms with Gasteiger partial charge in [0.15, 0.2) is 16.6 Å². The molecule has 1 N–H and O–H groups in total. The Hall–Kier alpha value is -0.806. The summed E-state index contributed by atoms with van der Waals surface area (Å²) in [5.41, 5.74) is 4.99. The van der Waals surface area contributed by atoms with E-state index in [2.05, 4.69) is 118 Å². The van der Waals surface area contributed by atoms with Gasteiger partial charge < -0.3 is 14.0 Å². The fourth-order valence-corrected chi connectivity index (χ4v) is 15.8. The summed E-state index contributed by atoms with van der Waals surface area (Å²) in [5, 5.41) is 15.8. The van der Waals surface area contributed by atoms with E-state index in [1.165, 1.54) is 58.5 Å². The molecule has 3 nitrogen and oxygen atoms in total. The summed E-state index contributed by atoms with van der Waals surface area (Å²) in [5.74, 6) is 0. The van der Waals surface area contributed by atoms with Crippen LogP contribution in [0.3, 0.4) is 0 Å². The molecule has 0 saturated heterocycles. The number of aliphatic hydroxyl groups excluding tert-OH is 1. The van der Waals surface area contributed by atoms with Gasteiger partial charge in [0.2, 0.25) is 0 Å². The first kappa shape index (κ1) is 43.4. The van der Waals surface area contributed by atoms with Crippen molar-refractivity contribution in [1.82, 2.24) is 0 Å². The zero-order chi connectivity index (χ0) is 36.0. The summed E-state index contributed by atoms with van der Waals surface area (Å²) in [6.45, 7) is 27.6. The van der Waals surface area contributed by atoms with Gasteiger partial charge in [0.1, 0.15) is 6.10 Å². The molecule has 0 aliphatic heterocycles. The number of rotatable bonds is 24. The smallest absolute Gasteiger partial charge is 0.192 e. The molecule has 0 atom stereocenters. The van der Waals surface area contributed by atoms with Crippen LogP contribution in [0.25, 0.3) is 11.1 Å². The predicted molar refractivity (Wildman–Crippen MR) is 222 cm³/mol. The lowest BCUT2D eigenvalue weighted by atomic mass is 9.91. The minimum absolute atomic E-state index is 0.0139. The highest BCUT2D eigenvalue weighted by Crippen LogP contribution is 2.39. The molecule has 0 aliphatic rings. The molecule has 0 bridgehead atoms. The van der Waals surface area contributed by atoms with Gasteiger partial charge in [-0.05, 0) is 147 Å². The monoisotopic (exact) mass is 732 g/mol. The molecular weight excluding hydrogens is 661 g/mol. The van der Waals surface area contributed by atoms with E-state index in [9.17, 15) is 5.11 Å². The van der Waals surface area contributed by atoms with E-state index >= 15 is 0 Å². The van der Waals surface area contributed by atoms with Gasteiger partial charge in [-0.25, -0.2) is 0 Å². The Morgan fingerprint density at radius 3 is 1.21 bits per heavy atom. The fraction of sp³-hybridized carbons (Fsp3) is 0.707. The van der Waals surface area contributed by atoms with Gasteiger partial charge in [0.25, 0.3) is 0 Å². The highest BCUT2D eigenvalue weighted by molar-refractivity contribution is 7.11. The molecule has 0 fully saturated rings. The molecule has 0 spiro atoms. The van der Waals surface area contributed by atoms with Crippen molar-refractivity contribution in [3.63, 3.8) is 0 Å². The zero-order valence-corrected chi connectivity index (χ0v) is 36.7. The molecule has 2 aromatic heterocycles. The Kier molecular flexibility index (Phi) is 18.3. The summed E-state index contributed by atoms with van der Waals surface area (Å²) in [6.07, 6.45) is 12.7. The minimum Gasteiger partial charge on any atom is -0.411 e. The second-order valence-corrected chi connectivity index (χ2v) is 25.5. The molecule has 274 valence electrons. The first-order chi connectivity index (χ1) is 22.9. The number of hydrogen-bond acceptors (Lipinski definition) is 5. The Morgan fingerprint density at radius 2 is 0.938 bits per heavy atom. The van der Waals surface area contributed by atoms with E-state index in [1.54, 1.807) is 22.7 Å². The van der Waals surface area contributed by atoms with Crippen molar-refractivity contribution in [1.29, 1.82) is 0 Å². The first-order valence-electron chi connectivity index (χ1n) is 19.5. The van der Waals surface area contributed by atoms with Crippen LogP contribution >= 0.6 is 22.7 Å². The van der Waals surface area contributed by atoms with E-state index in [1.807, 2.05) is 0 Å². The molecule has 7 heteroatoms. The van der Waals surface area contributed by atoms with Gasteiger partial charge in [-0.2, -0.15) is 0 Å². The molecule has 0 unspecified atom stereocenters. The van der Waals surface area contributed by atoms with Crippen molar-refractivity contribution in [3.8, 4) is 0 Å². The van der Waals surface area contributed by atoms with Crippen LogP contribution in [0.2, 0.25) is 36.3 Å². The average Bonchev–Trinajstić information content (AvgIpc) is 3.83. The Bertz CT molecular complexity index is 1150. The third-order valence-corrected chi connectivity index (χ3v) is 23.5. The SMILES string of the molecule is CCC(CC)(CC/C=C(\C)c1csc(C(O)c2cc(/C(C)=C/CCC(CC)(CC)O[Si](CC)(CC)CC)cs2)c1)O[Si](CC)(CC)CC. The Balaban J connectivity index is 2.09. The lowest BCUT2D eigenvalue weighted by Crippen LogP contribution is -2.46. The largest absolute Gasteiger partial charge is 0.411 e. The van der Waals surface area contributed by atoms with Crippen LogP contribution in [-0.4, -0.2) is 32.9 Å². The summed E-state index contributed by atoms with van der Waals surface area (Å²) in [4.78, 5) is 2.03. The van der Waals surface area contributed by atoms with Crippen molar-refractivity contribution in [2.45, 2.75) is 188 Å². The van der Waals surface area contributed by atoms with E-state index < -0.39 is 22.7 Å². The average molecular weight is 733 g/mol. The minimum atomic E-state index is -1.67. The third-order valence-electron chi connectivity index (χ3n) is 12.1. The van der Waals surface area contributed by atoms with Crippen LogP contribution in [-0.2, 0) is 8.85 Å². The van der Waals surface area contributed by atoms with Gasteiger partial charge in [-0.3, -0.25) is 0 Å². The Morgan fingerprint density at radius 1 is 0.625 bits per heavy atom. The number of allylic oxidation sites excluding steroid dienone is 4. The number of aliphatic hydroxyl groups is 1. The van der Waals surface area contributed by atoms with Crippen LogP contribution in [0.5, 0.6) is 0 Å². The van der Waals surface area contributed by atoms with Gasteiger partial charge >= 0.3 is 0 Å². The molecule has 0 aromatic carbocycles. The molecule has 0 saturated carbocycles. The summed E-state index contributed by atoms with van der Waals surface area (Å²) < 4.78 is 14.2. The lowest BCUT2D eigenvalue weighted by molar-refractivity contribution is 0.0394. The zero-order valence-electron chi connectivity index (χ0n) is 33.0. The van der Waals surface area contributed by atoms with Crippen molar-refractivity contribution in [2.75, 3.05) is 0 Å². The van der Waals surface area contributed by atoms with Crippen molar-refractivity contribution >= 4 is 50.5 Å². The van der Waals surface area contributed by atoms with E-state index in [4.69, 9.17) is 8.85 Å². The maximum atomic E-state index is 11.4. The quantitative estimate of drug-likeness (QED) is 0.109. The summed E-state index contributed by atoms with van der Waals surface area (Å²) >= 11 is 3.33. The van der Waals surface area contributed by atoms with E-state index in [0.29, 0.717) is 0 Å². The summed E-state index contributed by atoms with van der Waals surface area (Å²) in [7, 11) is -3.33. The predicted octanol–water partition coefficient (Wildman–Crippen LogP) is 14.4. The maximum Gasteiger partial charge on any atom is 0.192 e. The van der Waals surface area contributed by atoms with Gasteiger partial charge in [-0.15, -0.1) is 22.7 Å². The highest BCUT2D eigenvalue weighted by atomic mass is 32.1. The van der Waals surface area contributed by atoms with Crippen LogP contribution in [0.4, 0.5) is 0 Å². The van der Waals surface area contributed by atoms with Crippen LogP contribution in [0.15, 0.2) is 35.0 Å². The second-order valence-electron chi connectivity index (χ2n) is 14.2. The van der Waals surface area contributed by atoms with Crippen LogP contribution < -0.4 is 0 Å². The number of hydrogen-bond donors (Lipinski definition) is 1. The van der Waals surface area contributed by atoms with Crippen molar-refractivity contribution in [3.05, 3.63) is 55.9 Å². The van der Waals surface area contributed by atoms with E-state index in [-0.39, 0.29) is 11.2 Å². The van der Waals surface area contributed by atoms with Crippen molar-refractivity contribution in [2.24, 2.45) is 0 Å². The van der Waals surface area contributed by atoms with Crippen LogP contribution in [0, 0.1) is 0 Å². The molecule has 0 amide bonds. The molecule has 2 heterocycles.